The second-order valence-corrected chi connectivity index (χ2v) is 11.7. The van der Waals surface area contributed by atoms with Gasteiger partial charge in [-0.2, -0.15) is 4.31 Å². The van der Waals surface area contributed by atoms with Crippen LogP contribution in [0.3, 0.4) is 0 Å². The fourth-order valence-corrected chi connectivity index (χ4v) is 6.61. The highest BCUT2D eigenvalue weighted by Crippen LogP contribution is 2.29. The van der Waals surface area contributed by atoms with Crippen molar-refractivity contribution in [3.05, 3.63) is 69.6 Å². The lowest BCUT2D eigenvalue weighted by Gasteiger charge is -2.25. The zero-order valence-corrected chi connectivity index (χ0v) is 22.6. The third-order valence-corrected chi connectivity index (χ3v) is 9.13. The highest BCUT2D eigenvalue weighted by Gasteiger charge is 2.29. The van der Waals surface area contributed by atoms with Crippen LogP contribution in [0.5, 0.6) is 0 Å². The summed E-state index contributed by atoms with van der Waals surface area (Å²) in [5, 5.41) is 4.88. The molecule has 0 atom stereocenters. The van der Waals surface area contributed by atoms with Crippen molar-refractivity contribution < 1.29 is 8.42 Å². The Morgan fingerprint density at radius 2 is 1.74 bits per heavy atom. The Labute approximate surface area is 213 Å². The van der Waals surface area contributed by atoms with Crippen molar-refractivity contribution in [2.75, 3.05) is 26.2 Å². The van der Waals surface area contributed by atoms with Crippen molar-refractivity contribution in [1.29, 1.82) is 0 Å². The largest absolute Gasteiger partial charge is 0.304 e. The van der Waals surface area contributed by atoms with Gasteiger partial charge in [-0.25, -0.2) is 13.4 Å². The Morgan fingerprint density at radius 3 is 2.47 bits per heavy atom. The van der Waals surface area contributed by atoms with Crippen molar-refractivity contribution in [2.24, 2.45) is 4.99 Å². The fraction of sp³-hybridized carbons (Fsp3) is 0.423. The molecular weight excluding hydrogens is 486 g/mol. The molecule has 1 aliphatic rings. The van der Waals surface area contributed by atoms with E-state index in [1.807, 2.05) is 42.7 Å². The molecule has 5 nitrogen and oxygen atoms in total. The van der Waals surface area contributed by atoms with Gasteiger partial charge >= 0.3 is 0 Å². The van der Waals surface area contributed by atoms with Crippen LogP contribution in [0, 0.1) is 0 Å². The molecule has 0 bridgehead atoms. The first-order valence-electron chi connectivity index (χ1n) is 11.8. The summed E-state index contributed by atoms with van der Waals surface area (Å²) >= 11 is 7.88. The maximum Gasteiger partial charge on any atom is 0.242 e. The number of rotatable bonds is 11. The van der Waals surface area contributed by atoms with Gasteiger partial charge in [-0.3, -0.25) is 0 Å². The Kier molecular flexibility index (Phi) is 10.2. The molecule has 1 aliphatic heterocycles. The summed E-state index contributed by atoms with van der Waals surface area (Å²) in [4.78, 5) is 6.84. The third-order valence-electron chi connectivity index (χ3n) is 5.97. The fourth-order valence-electron chi connectivity index (χ4n) is 3.97. The molecule has 0 saturated heterocycles. The maximum atomic E-state index is 13.8. The predicted octanol–water partition coefficient (Wildman–Crippen LogP) is 6.57. The Hall–Kier alpha value is -1.64. The lowest BCUT2D eigenvalue weighted by molar-refractivity contribution is 0.289. The predicted molar refractivity (Wildman–Crippen MR) is 148 cm³/mol. The normalized spacial score (nSPS) is 18.2. The first-order chi connectivity index (χ1) is 16.3. The monoisotopic (exact) mass is 519 g/mol. The van der Waals surface area contributed by atoms with Gasteiger partial charge in [0, 0.05) is 19.5 Å². The number of allylic oxidation sites excluding steroid dienone is 2. The van der Waals surface area contributed by atoms with E-state index in [2.05, 4.69) is 41.9 Å². The van der Waals surface area contributed by atoms with E-state index in [0.29, 0.717) is 18.1 Å². The van der Waals surface area contributed by atoms with E-state index in [4.69, 9.17) is 11.6 Å². The molecule has 0 saturated carbocycles. The molecule has 34 heavy (non-hydrogen) atoms. The number of benzene rings is 2. The van der Waals surface area contributed by atoms with Crippen LogP contribution in [0.1, 0.15) is 45.6 Å². The molecule has 0 amide bonds. The molecule has 8 heteroatoms. The average molecular weight is 520 g/mol. The summed E-state index contributed by atoms with van der Waals surface area (Å²) in [5.74, 6) is 0. The van der Waals surface area contributed by atoms with Gasteiger partial charge in [0.05, 0.1) is 5.04 Å². The number of sulfonamides is 1. The minimum Gasteiger partial charge on any atom is -0.304 e. The van der Waals surface area contributed by atoms with Crippen molar-refractivity contribution in [1.82, 2.24) is 9.21 Å². The number of halogens is 1. The summed E-state index contributed by atoms with van der Waals surface area (Å²) in [7, 11) is -3.80. The highest BCUT2D eigenvalue weighted by molar-refractivity contribution is 8.16. The number of aliphatic imine (C=N–C) groups is 1. The van der Waals surface area contributed by atoms with Crippen LogP contribution in [0.2, 0.25) is 0 Å². The van der Waals surface area contributed by atoms with Crippen molar-refractivity contribution in [2.45, 2.75) is 46.6 Å². The lowest BCUT2D eigenvalue weighted by atomic mass is 10.1. The number of fused-ring (bicyclic) bond motifs is 1. The quantitative estimate of drug-likeness (QED) is 0.249. The van der Waals surface area contributed by atoms with E-state index >= 15 is 0 Å². The molecule has 1 heterocycles. The average Bonchev–Trinajstić information content (AvgIpc) is 2.81. The Balaban J connectivity index is 1.89. The van der Waals surface area contributed by atoms with Gasteiger partial charge in [0.1, 0.15) is 10.1 Å². The number of unbranched alkanes of at least 4 members (excludes halogenated alkanes) is 1. The molecule has 2 aromatic rings. The van der Waals surface area contributed by atoms with Crippen LogP contribution in [0.15, 0.2) is 69.0 Å². The van der Waals surface area contributed by atoms with Gasteiger partial charge in [-0.15, -0.1) is 0 Å². The molecule has 0 unspecified atom stereocenters. The molecule has 3 rings (SSSR count). The Bertz CT molecular complexity index is 1170. The van der Waals surface area contributed by atoms with Crippen LogP contribution in [-0.4, -0.2) is 48.8 Å². The first-order valence-corrected chi connectivity index (χ1v) is 14.5. The maximum absolute atomic E-state index is 13.8. The van der Waals surface area contributed by atoms with Crippen LogP contribution in [-0.2, 0) is 16.6 Å². The second-order valence-electron chi connectivity index (χ2n) is 8.29. The third kappa shape index (κ3) is 7.18. The van der Waals surface area contributed by atoms with Gasteiger partial charge in [-0.05, 0) is 67.2 Å². The van der Waals surface area contributed by atoms with Crippen LogP contribution < -0.4 is 0 Å². The molecule has 2 aromatic carbocycles. The Morgan fingerprint density at radius 1 is 1.03 bits per heavy atom. The summed E-state index contributed by atoms with van der Waals surface area (Å²) < 4.78 is 29.3. The van der Waals surface area contributed by atoms with E-state index < -0.39 is 10.0 Å². The molecule has 0 fully saturated rings. The summed E-state index contributed by atoms with van der Waals surface area (Å²) in [6.07, 6.45) is 3.79. The molecule has 0 spiro atoms. The van der Waals surface area contributed by atoms with Gasteiger partial charge in [0.2, 0.25) is 10.0 Å². The first kappa shape index (κ1) is 27.0. The molecular formula is C26H34ClN3O2S2. The zero-order valence-electron chi connectivity index (χ0n) is 20.2. The standard InChI is InChI=1S/C26H34ClN3O2S2/c1-4-29(5-2)16-8-9-17-30(20-22-14-15-23-11-6-7-12-24(23)19-22)34(31,32)25-13-10-18-33-21(3)28-26(25)27/h6-7,10-12,14-15,18-19H,4-5,8-9,13,16-17,20H2,1-3H3/b18-10-,26-25+,28-21?. The van der Waals surface area contributed by atoms with Gasteiger partial charge in [-0.1, -0.05) is 79.7 Å². The van der Waals surface area contributed by atoms with Crippen LogP contribution >= 0.6 is 23.4 Å². The SMILES string of the molecule is CCN(CC)CCCCN(Cc1ccc2ccccc2c1)S(=O)(=O)/C1=C(\Cl)N=C(C)S/C=C\C1. The molecule has 0 radical (unpaired) electrons. The number of hydrogen-bond donors (Lipinski definition) is 0. The van der Waals surface area contributed by atoms with E-state index in [1.54, 1.807) is 4.31 Å². The van der Waals surface area contributed by atoms with Crippen molar-refractivity contribution in [3.8, 4) is 0 Å². The summed E-state index contributed by atoms with van der Waals surface area (Å²) in [5.41, 5.74) is 0.958. The summed E-state index contributed by atoms with van der Waals surface area (Å²) in [6.45, 7) is 9.82. The van der Waals surface area contributed by atoms with E-state index in [9.17, 15) is 8.42 Å². The van der Waals surface area contributed by atoms with Crippen molar-refractivity contribution in [3.63, 3.8) is 0 Å². The van der Waals surface area contributed by atoms with E-state index in [1.165, 1.54) is 11.8 Å². The smallest absolute Gasteiger partial charge is 0.242 e. The number of thioether (sulfide) groups is 1. The van der Waals surface area contributed by atoms with Crippen LogP contribution in [0.25, 0.3) is 10.8 Å². The molecule has 0 aliphatic carbocycles. The van der Waals surface area contributed by atoms with Crippen LogP contribution in [0.4, 0.5) is 0 Å². The number of hydrogen-bond acceptors (Lipinski definition) is 5. The van der Waals surface area contributed by atoms with Gasteiger partial charge in [0.15, 0.2) is 0 Å². The minimum absolute atomic E-state index is 0.0565. The molecule has 0 N–H and O–H groups in total. The van der Waals surface area contributed by atoms with Gasteiger partial charge < -0.3 is 4.90 Å². The van der Waals surface area contributed by atoms with Crippen molar-refractivity contribution >= 4 is 49.2 Å². The molecule has 0 aromatic heterocycles. The zero-order chi connectivity index (χ0) is 24.6. The lowest BCUT2D eigenvalue weighted by Crippen LogP contribution is -2.33. The van der Waals surface area contributed by atoms with E-state index in [0.717, 1.165) is 48.8 Å². The highest BCUT2D eigenvalue weighted by atomic mass is 35.5. The van der Waals surface area contributed by atoms with Gasteiger partial charge in [0.25, 0.3) is 0 Å². The molecule has 184 valence electrons. The summed E-state index contributed by atoms with van der Waals surface area (Å²) in [6, 6.07) is 14.2. The minimum atomic E-state index is -3.80. The number of nitrogens with zero attached hydrogens (tertiary/aromatic N) is 3. The van der Waals surface area contributed by atoms with E-state index in [-0.39, 0.29) is 16.5 Å². The second kappa shape index (κ2) is 12.9. The topological polar surface area (TPSA) is 53.0 Å².